The molecule has 0 radical (unpaired) electrons. The van der Waals surface area contributed by atoms with E-state index in [1.54, 1.807) is 0 Å². The zero-order valence-corrected chi connectivity index (χ0v) is 15.7. The molecule has 0 heterocycles. The van der Waals surface area contributed by atoms with Gasteiger partial charge in [-0.3, -0.25) is 0 Å². The van der Waals surface area contributed by atoms with Crippen molar-refractivity contribution in [1.29, 1.82) is 0 Å². The molecule has 0 aliphatic carbocycles. The summed E-state index contributed by atoms with van der Waals surface area (Å²) in [6, 6.07) is 28.1. The van der Waals surface area contributed by atoms with Crippen molar-refractivity contribution in [1.82, 2.24) is 0 Å². The van der Waals surface area contributed by atoms with E-state index < -0.39 is 6.19 Å². The van der Waals surface area contributed by atoms with Gasteiger partial charge < -0.3 is 0 Å². The second-order valence-electron chi connectivity index (χ2n) is 5.44. The highest BCUT2D eigenvalue weighted by atomic mass is 35.5. The van der Waals surface area contributed by atoms with Crippen LogP contribution in [0.25, 0.3) is 0 Å². The summed E-state index contributed by atoms with van der Waals surface area (Å²) >= 11 is 12.1. The van der Waals surface area contributed by atoms with Crippen molar-refractivity contribution in [2.45, 2.75) is 6.92 Å². The van der Waals surface area contributed by atoms with E-state index >= 15 is 0 Å². The molecule has 0 aliphatic heterocycles. The van der Waals surface area contributed by atoms with Crippen LogP contribution in [0.5, 0.6) is 0 Å². The molecular weight excluding hydrogens is 353 g/mol. The minimum atomic E-state index is -2.27. The Balaban J connectivity index is 2.14. The lowest BCUT2D eigenvalue weighted by atomic mass is 10.1. The summed E-state index contributed by atoms with van der Waals surface area (Å²) in [5, 5.41) is 2.91. The molecule has 0 aromatic heterocycles. The van der Waals surface area contributed by atoms with Crippen LogP contribution in [-0.4, -0.2) is 5.71 Å². The van der Waals surface area contributed by atoms with E-state index in [2.05, 4.69) is 24.3 Å². The van der Waals surface area contributed by atoms with E-state index in [4.69, 9.17) is 28.2 Å². The minimum Gasteiger partial charge on any atom is -0.247 e. The summed E-state index contributed by atoms with van der Waals surface area (Å²) in [5.41, 5.74) is 1.98. The van der Waals surface area contributed by atoms with Gasteiger partial charge >= 0.3 is 0 Å². The zero-order chi connectivity index (χ0) is 17.0. The van der Waals surface area contributed by atoms with Crippen LogP contribution < -0.4 is 10.6 Å². The highest BCUT2D eigenvalue weighted by Gasteiger charge is 2.21. The largest absolute Gasteiger partial charge is 0.247 e. The van der Waals surface area contributed by atoms with E-state index in [1.807, 2.05) is 67.6 Å². The Morgan fingerprint density at radius 1 is 0.792 bits per heavy atom. The van der Waals surface area contributed by atoms with Gasteiger partial charge in [-0.1, -0.05) is 96.2 Å². The lowest BCUT2D eigenvalue weighted by Crippen LogP contribution is -2.15. The molecular formula is C20H17ClNPS. The third-order valence-corrected chi connectivity index (χ3v) is 8.10. The van der Waals surface area contributed by atoms with Gasteiger partial charge in [0.1, 0.15) is 6.19 Å². The first-order valence-electron chi connectivity index (χ1n) is 7.64. The van der Waals surface area contributed by atoms with E-state index in [9.17, 15) is 0 Å². The highest BCUT2D eigenvalue weighted by molar-refractivity contribution is 8.21. The fraction of sp³-hybridized carbons (Fsp3) is 0.0500. The fourth-order valence-corrected chi connectivity index (χ4v) is 5.93. The average molecular weight is 370 g/mol. The van der Waals surface area contributed by atoms with Crippen LogP contribution in [-0.2, 0) is 11.8 Å². The average Bonchev–Trinajstić information content (AvgIpc) is 2.63. The van der Waals surface area contributed by atoms with Gasteiger partial charge in [-0.2, -0.15) is 0 Å². The molecule has 3 aromatic rings. The molecule has 24 heavy (non-hydrogen) atoms. The number of benzene rings is 3. The Morgan fingerprint density at radius 3 is 1.71 bits per heavy atom. The van der Waals surface area contributed by atoms with Crippen molar-refractivity contribution >= 4 is 45.9 Å². The van der Waals surface area contributed by atoms with E-state index in [1.165, 1.54) is 0 Å². The molecule has 3 aromatic carbocycles. The van der Waals surface area contributed by atoms with Crippen LogP contribution in [0.2, 0.25) is 5.02 Å². The number of hydrogen-bond donors (Lipinski definition) is 0. The summed E-state index contributed by atoms with van der Waals surface area (Å²) in [4.78, 5) is 0. The van der Waals surface area contributed by atoms with Crippen LogP contribution >= 0.6 is 17.8 Å². The SMILES string of the molecule is C/C(=N\P(=S)(c1ccccc1)c1ccccc1)c1ccc(Cl)cc1. The summed E-state index contributed by atoms with van der Waals surface area (Å²) in [6.45, 7) is 2.01. The van der Waals surface area contributed by atoms with Crippen LogP contribution in [0.1, 0.15) is 12.5 Å². The number of nitrogens with zero attached hydrogens (tertiary/aromatic N) is 1. The summed E-state index contributed by atoms with van der Waals surface area (Å²) in [6.07, 6.45) is -2.27. The molecule has 0 aliphatic rings. The predicted molar refractivity (Wildman–Crippen MR) is 110 cm³/mol. The number of rotatable bonds is 4. The lowest BCUT2D eigenvalue weighted by Gasteiger charge is -2.20. The molecule has 0 saturated heterocycles. The Labute approximate surface area is 153 Å². The van der Waals surface area contributed by atoms with Crippen LogP contribution in [0, 0.1) is 0 Å². The van der Waals surface area contributed by atoms with Gasteiger partial charge in [0.2, 0.25) is 0 Å². The van der Waals surface area contributed by atoms with Gasteiger partial charge in [0, 0.05) is 21.3 Å². The van der Waals surface area contributed by atoms with Crippen LogP contribution in [0.15, 0.2) is 89.7 Å². The summed E-state index contributed by atoms with van der Waals surface area (Å²) in [7, 11) is 0. The molecule has 0 bridgehead atoms. The van der Waals surface area contributed by atoms with Crippen molar-refractivity contribution < 1.29 is 0 Å². The zero-order valence-electron chi connectivity index (χ0n) is 13.3. The quantitative estimate of drug-likeness (QED) is 0.455. The van der Waals surface area contributed by atoms with Gasteiger partial charge in [0.15, 0.2) is 0 Å². The maximum absolute atomic E-state index is 6.13. The second kappa shape index (κ2) is 7.44. The van der Waals surface area contributed by atoms with E-state index in [-0.39, 0.29) is 0 Å². The monoisotopic (exact) mass is 369 g/mol. The molecule has 0 N–H and O–H groups in total. The third kappa shape index (κ3) is 3.67. The second-order valence-corrected chi connectivity index (χ2v) is 9.85. The Morgan fingerprint density at radius 2 is 1.25 bits per heavy atom. The minimum absolute atomic E-state index is 0.720. The Bertz CT molecular complexity index is 846. The molecule has 3 rings (SSSR count). The molecule has 0 atom stereocenters. The predicted octanol–water partition coefficient (Wildman–Crippen LogP) is 5.19. The normalized spacial score (nSPS) is 12.2. The van der Waals surface area contributed by atoms with E-state index in [0.29, 0.717) is 0 Å². The third-order valence-electron chi connectivity index (χ3n) is 3.77. The lowest BCUT2D eigenvalue weighted by molar-refractivity contribution is 1.59. The maximum Gasteiger partial charge on any atom is 0.113 e. The highest BCUT2D eigenvalue weighted by Crippen LogP contribution is 2.46. The fourth-order valence-electron chi connectivity index (χ4n) is 2.48. The van der Waals surface area contributed by atoms with Crippen molar-refractivity contribution in [3.63, 3.8) is 0 Å². The first kappa shape index (κ1) is 17.1. The Hall–Kier alpha value is -1.73. The molecule has 4 heteroatoms. The molecule has 0 unspecified atom stereocenters. The smallest absolute Gasteiger partial charge is 0.113 e. The number of hydrogen-bond acceptors (Lipinski definition) is 1. The number of halogens is 1. The molecule has 0 spiro atoms. The van der Waals surface area contributed by atoms with Crippen LogP contribution in [0.4, 0.5) is 0 Å². The van der Waals surface area contributed by atoms with Crippen molar-refractivity contribution in [2.24, 2.45) is 4.76 Å². The van der Waals surface area contributed by atoms with Crippen molar-refractivity contribution in [2.75, 3.05) is 0 Å². The molecule has 1 nitrogen and oxygen atoms in total. The van der Waals surface area contributed by atoms with Crippen molar-refractivity contribution in [3.05, 3.63) is 95.5 Å². The Kier molecular flexibility index (Phi) is 5.30. The summed E-state index contributed by atoms with van der Waals surface area (Å²) < 4.78 is 5.05. The molecule has 120 valence electrons. The van der Waals surface area contributed by atoms with Gasteiger partial charge in [-0.15, -0.1) is 0 Å². The maximum atomic E-state index is 6.13. The van der Waals surface area contributed by atoms with Gasteiger partial charge in [0.25, 0.3) is 0 Å². The van der Waals surface area contributed by atoms with E-state index in [0.717, 1.165) is 26.9 Å². The molecule has 0 fully saturated rings. The van der Waals surface area contributed by atoms with Gasteiger partial charge in [-0.25, -0.2) is 4.76 Å². The first-order valence-corrected chi connectivity index (χ1v) is 10.8. The molecule has 0 saturated carbocycles. The standard InChI is InChI=1S/C20H17ClNPS/c1-16(17-12-14-18(21)15-13-17)22-23(24,19-8-4-2-5-9-19)20-10-6-3-7-11-20/h2-15H,1H3/b22-16+. The van der Waals surface area contributed by atoms with Gasteiger partial charge in [-0.05, 0) is 24.6 Å². The molecule has 0 amide bonds. The van der Waals surface area contributed by atoms with Crippen molar-refractivity contribution in [3.8, 4) is 0 Å². The first-order chi connectivity index (χ1) is 11.6. The van der Waals surface area contributed by atoms with Crippen LogP contribution in [0.3, 0.4) is 0 Å². The summed E-state index contributed by atoms with van der Waals surface area (Å²) in [5.74, 6) is 0. The topological polar surface area (TPSA) is 12.4 Å². The van der Waals surface area contributed by atoms with Gasteiger partial charge in [0.05, 0.1) is 0 Å².